The van der Waals surface area contributed by atoms with E-state index in [1.54, 1.807) is 14.1 Å². The molecule has 86 valence electrons. The lowest BCUT2D eigenvalue weighted by Gasteiger charge is -2.11. The lowest BCUT2D eigenvalue weighted by atomic mass is 10.1. The highest BCUT2D eigenvalue weighted by Gasteiger charge is 2.02. The summed E-state index contributed by atoms with van der Waals surface area (Å²) in [5, 5.41) is 2.77. The van der Waals surface area contributed by atoms with Crippen molar-refractivity contribution in [3.8, 4) is 0 Å². The van der Waals surface area contributed by atoms with Gasteiger partial charge in [-0.25, -0.2) is 4.79 Å². The minimum Gasteiger partial charge on any atom is -0.389 e. The molecule has 0 atom stereocenters. The Labute approximate surface area is 100 Å². The zero-order valence-corrected chi connectivity index (χ0v) is 10.2. The zero-order valence-electron chi connectivity index (χ0n) is 9.36. The van der Waals surface area contributed by atoms with Crippen LogP contribution in [0.1, 0.15) is 11.1 Å². The molecule has 1 rings (SSSR count). The van der Waals surface area contributed by atoms with Crippen molar-refractivity contribution in [1.29, 1.82) is 0 Å². The van der Waals surface area contributed by atoms with E-state index in [1.807, 2.05) is 24.3 Å². The molecule has 0 saturated heterocycles. The molecule has 0 aliphatic rings. The van der Waals surface area contributed by atoms with Crippen molar-refractivity contribution in [3.63, 3.8) is 0 Å². The van der Waals surface area contributed by atoms with Crippen LogP contribution in [-0.4, -0.2) is 30.0 Å². The number of amides is 2. The fourth-order valence-electron chi connectivity index (χ4n) is 1.12. The lowest BCUT2D eigenvalue weighted by Crippen LogP contribution is -2.33. The summed E-state index contributed by atoms with van der Waals surface area (Å²) in [6.45, 7) is 0.495. The van der Waals surface area contributed by atoms with Crippen molar-refractivity contribution >= 4 is 23.2 Å². The lowest BCUT2D eigenvalue weighted by molar-refractivity contribution is 0.217. The van der Waals surface area contributed by atoms with E-state index < -0.39 is 0 Å². The number of nitrogens with two attached hydrogens (primary N) is 1. The molecule has 5 heteroatoms. The molecule has 0 spiro atoms. The quantitative estimate of drug-likeness (QED) is 0.774. The van der Waals surface area contributed by atoms with Crippen molar-refractivity contribution < 1.29 is 4.79 Å². The Hall–Kier alpha value is -1.62. The van der Waals surface area contributed by atoms with Crippen LogP contribution in [0.5, 0.6) is 0 Å². The number of urea groups is 1. The molecule has 0 aromatic heterocycles. The summed E-state index contributed by atoms with van der Waals surface area (Å²) < 4.78 is 0. The standard InChI is InChI=1S/C11H15N3OS/c1-14(2)11(15)13-7-8-3-5-9(6-4-8)10(12)16/h3-6H,7H2,1-2H3,(H2,12,16)(H,13,15). The highest BCUT2D eigenvalue weighted by atomic mass is 32.1. The third-order valence-corrected chi connectivity index (χ3v) is 2.32. The maximum absolute atomic E-state index is 11.3. The van der Waals surface area contributed by atoms with Gasteiger partial charge in [0, 0.05) is 26.2 Å². The minimum atomic E-state index is -0.113. The van der Waals surface area contributed by atoms with Gasteiger partial charge in [0.1, 0.15) is 4.99 Å². The third-order valence-electron chi connectivity index (χ3n) is 2.09. The zero-order chi connectivity index (χ0) is 12.1. The van der Waals surface area contributed by atoms with Gasteiger partial charge >= 0.3 is 6.03 Å². The van der Waals surface area contributed by atoms with Crippen LogP contribution in [0.4, 0.5) is 4.79 Å². The first-order valence-electron chi connectivity index (χ1n) is 4.84. The molecule has 4 nitrogen and oxygen atoms in total. The topological polar surface area (TPSA) is 58.4 Å². The number of rotatable bonds is 3. The molecule has 1 aromatic carbocycles. The maximum Gasteiger partial charge on any atom is 0.317 e. The smallest absolute Gasteiger partial charge is 0.317 e. The number of nitrogens with zero attached hydrogens (tertiary/aromatic N) is 1. The Morgan fingerprint density at radius 1 is 1.38 bits per heavy atom. The van der Waals surface area contributed by atoms with Gasteiger partial charge in [-0.2, -0.15) is 0 Å². The first-order valence-corrected chi connectivity index (χ1v) is 5.25. The number of carbonyl (C=O) groups excluding carboxylic acids is 1. The van der Waals surface area contributed by atoms with Gasteiger partial charge in [-0.05, 0) is 5.56 Å². The number of nitrogens with one attached hydrogen (secondary N) is 1. The molecular formula is C11H15N3OS. The number of benzene rings is 1. The van der Waals surface area contributed by atoms with Gasteiger partial charge in [0.25, 0.3) is 0 Å². The predicted octanol–water partition coefficient (Wildman–Crippen LogP) is 1.09. The second-order valence-electron chi connectivity index (χ2n) is 3.61. The highest BCUT2D eigenvalue weighted by molar-refractivity contribution is 7.80. The van der Waals surface area contributed by atoms with Crippen LogP contribution in [0.2, 0.25) is 0 Å². The van der Waals surface area contributed by atoms with Crippen LogP contribution in [0.15, 0.2) is 24.3 Å². The van der Waals surface area contributed by atoms with Crippen LogP contribution < -0.4 is 11.1 Å². The molecule has 1 aromatic rings. The summed E-state index contributed by atoms with van der Waals surface area (Å²) in [6, 6.07) is 7.37. The Balaban J connectivity index is 2.56. The van der Waals surface area contributed by atoms with Crippen molar-refractivity contribution in [1.82, 2.24) is 10.2 Å². The van der Waals surface area contributed by atoms with Crippen molar-refractivity contribution in [2.24, 2.45) is 5.73 Å². The first-order chi connectivity index (χ1) is 7.50. The molecule has 16 heavy (non-hydrogen) atoms. The predicted molar refractivity (Wildman–Crippen MR) is 68.3 cm³/mol. The van der Waals surface area contributed by atoms with Crippen LogP contribution >= 0.6 is 12.2 Å². The molecule has 0 heterocycles. The van der Waals surface area contributed by atoms with E-state index in [-0.39, 0.29) is 6.03 Å². The molecule has 3 N–H and O–H groups in total. The SMILES string of the molecule is CN(C)C(=O)NCc1ccc(C(N)=S)cc1. The monoisotopic (exact) mass is 237 g/mol. The molecule has 0 saturated carbocycles. The van der Waals surface area contributed by atoms with Gasteiger partial charge < -0.3 is 16.0 Å². The third kappa shape index (κ3) is 3.51. The highest BCUT2D eigenvalue weighted by Crippen LogP contribution is 2.04. The molecular weight excluding hydrogens is 222 g/mol. The van der Waals surface area contributed by atoms with Crippen molar-refractivity contribution in [2.45, 2.75) is 6.54 Å². The van der Waals surface area contributed by atoms with E-state index in [0.29, 0.717) is 11.5 Å². The second-order valence-corrected chi connectivity index (χ2v) is 4.05. The number of hydrogen-bond acceptors (Lipinski definition) is 2. The summed E-state index contributed by atoms with van der Waals surface area (Å²) in [6.07, 6.45) is 0. The molecule has 2 amide bonds. The molecule has 0 aliphatic heterocycles. The van der Waals surface area contributed by atoms with Crippen LogP contribution in [-0.2, 0) is 6.54 Å². The van der Waals surface area contributed by atoms with Crippen LogP contribution in [0.25, 0.3) is 0 Å². The fraction of sp³-hybridized carbons (Fsp3) is 0.273. The Kier molecular flexibility index (Phi) is 4.25. The normalized spacial score (nSPS) is 9.62. The van der Waals surface area contributed by atoms with E-state index >= 15 is 0 Å². The van der Waals surface area contributed by atoms with E-state index in [0.717, 1.165) is 11.1 Å². The van der Waals surface area contributed by atoms with Gasteiger partial charge in [-0.3, -0.25) is 0 Å². The average molecular weight is 237 g/mol. The molecule has 0 fully saturated rings. The molecule has 0 bridgehead atoms. The minimum absolute atomic E-state index is 0.113. The van der Waals surface area contributed by atoms with E-state index in [1.165, 1.54) is 4.90 Å². The summed E-state index contributed by atoms with van der Waals surface area (Å²) in [4.78, 5) is 13.1. The van der Waals surface area contributed by atoms with Gasteiger partial charge in [-0.1, -0.05) is 36.5 Å². The Bertz CT molecular complexity index is 387. The Morgan fingerprint density at radius 2 is 1.94 bits per heavy atom. The summed E-state index contributed by atoms with van der Waals surface area (Å²) >= 11 is 4.85. The molecule has 0 aliphatic carbocycles. The van der Waals surface area contributed by atoms with E-state index in [9.17, 15) is 4.79 Å². The van der Waals surface area contributed by atoms with Crippen LogP contribution in [0.3, 0.4) is 0 Å². The van der Waals surface area contributed by atoms with Gasteiger partial charge in [0.05, 0.1) is 0 Å². The summed E-state index contributed by atoms with van der Waals surface area (Å²) in [5.41, 5.74) is 7.32. The van der Waals surface area contributed by atoms with Gasteiger partial charge in [0.15, 0.2) is 0 Å². The van der Waals surface area contributed by atoms with E-state index in [4.69, 9.17) is 18.0 Å². The maximum atomic E-state index is 11.3. The van der Waals surface area contributed by atoms with Gasteiger partial charge in [-0.15, -0.1) is 0 Å². The second kappa shape index (κ2) is 5.46. The summed E-state index contributed by atoms with van der Waals surface area (Å²) in [5.74, 6) is 0. The average Bonchev–Trinajstić information content (AvgIpc) is 2.26. The van der Waals surface area contributed by atoms with Crippen molar-refractivity contribution in [2.75, 3.05) is 14.1 Å². The molecule has 0 radical (unpaired) electrons. The van der Waals surface area contributed by atoms with Gasteiger partial charge in [0.2, 0.25) is 0 Å². The first kappa shape index (κ1) is 12.4. The summed E-state index contributed by atoms with van der Waals surface area (Å²) in [7, 11) is 3.40. The number of carbonyl (C=O) groups is 1. The largest absolute Gasteiger partial charge is 0.389 e. The molecule has 0 unspecified atom stereocenters. The van der Waals surface area contributed by atoms with Crippen molar-refractivity contribution in [3.05, 3.63) is 35.4 Å². The fourth-order valence-corrected chi connectivity index (χ4v) is 1.26. The number of thiocarbonyl (C=S) groups is 1. The number of hydrogen-bond donors (Lipinski definition) is 2. The Morgan fingerprint density at radius 3 is 2.38 bits per heavy atom. The van der Waals surface area contributed by atoms with Crippen LogP contribution in [0, 0.1) is 0 Å². The van der Waals surface area contributed by atoms with E-state index in [2.05, 4.69) is 5.32 Å².